The summed E-state index contributed by atoms with van der Waals surface area (Å²) >= 11 is 6.26. The number of aromatic nitrogens is 2. The molecule has 1 aromatic heterocycles. The Labute approximate surface area is 170 Å². The highest BCUT2D eigenvalue weighted by atomic mass is 35.5. The molecule has 1 amide bonds. The Hall–Kier alpha value is -1.89. The molecule has 152 valence electrons. The quantitative estimate of drug-likeness (QED) is 0.591. The van der Waals surface area contributed by atoms with Gasteiger partial charge in [0.2, 0.25) is 0 Å². The van der Waals surface area contributed by atoms with Gasteiger partial charge in [-0.2, -0.15) is 5.10 Å². The molecule has 0 unspecified atom stereocenters. The fourth-order valence-electron chi connectivity index (χ4n) is 3.70. The summed E-state index contributed by atoms with van der Waals surface area (Å²) in [5.74, 6) is -0.294. The molecule has 7 heteroatoms. The third kappa shape index (κ3) is 5.34. The molecule has 3 rings (SSSR count). The molecule has 0 atom stereocenters. The van der Waals surface area contributed by atoms with Crippen molar-refractivity contribution in [1.29, 1.82) is 0 Å². The maximum Gasteiger partial charge on any atom is 0.252 e. The number of carbonyl (C=O) groups is 1. The summed E-state index contributed by atoms with van der Waals surface area (Å²) in [7, 11) is 0. The van der Waals surface area contributed by atoms with Crippen molar-refractivity contribution in [2.75, 3.05) is 13.2 Å². The minimum atomic E-state index is -0.845. The SMILES string of the molecule is O=C(NCC1(O)CCCCCCC1)c1cc(-c2cc(CCO)n[nH]2)ccc1Cl. The van der Waals surface area contributed by atoms with Crippen LogP contribution in [-0.4, -0.2) is 45.1 Å². The second kappa shape index (κ2) is 9.54. The highest BCUT2D eigenvalue weighted by Gasteiger charge is 2.28. The number of hydrogen-bond donors (Lipinski definition) is 4. The maximum absolute atomic E-state index is 12.7. The first-order chi connectivity index (χ1) is 13.5. The zero-order chi connectivity index (χ0) is 20.0. The van der Waals surface area contributed by atoms with Crippen molar-refractivity contribution in [2.24, 2.45) is 0 Å². The van der Waals surface area contributed by atoms with Gasteiger partial charge in [0.05, 0.1) is 27.6 Å². The minimum absolute atomic E-state index is 0.0292. The molecule has 28 heavy (non-hydrogen) atoms. The van der Waals surface area contributed by atoms with Gasteiger partial charge in [-0.1, -0.05) is 49.8 Å². The molecule has 0 bridgehead atoms. The minimum Gasteiger partial charge on any atom is -0.396 e. The van der Waals surface area contributed by atoms with Crippen LogP contribution in [0.2, 0.25) is 5.02 Å². The number of aliphatic hydroxyl groups is 2. The lowest BCUT2D eigenvalue weighted by Gasteiger charge is -2.30. The van der Waals surface area contributed by atoms with Crippen LogP contribution in [0.4, 0.5) is 0 Å². The van der Waals surface area contributed by atoms with Gasteiger partial charge < -0.3 is 15.5 Å². The Kier molecular flexibility index (Phi) is 7.10. The van der Waals surface area contributed by atoms with Gasteiger partial charge in [0, 0.05) is 25.1 Å². The number of H-pyrrole nitrogens is 1. The van der Waals surface area contributed by atoms with Crippen molar-refractivity contribution in [2.45, 2.75) is 57.0 Å². The zero-order valence-corrected chi connectivity index (χ0v) is 16.8. The third-order valence-corrected chi connectivity index (χ3v) is 5.71. The summed E-state index contributed by atoms with van der Waals surface area (Å²) in [6, 6.07) is 7.06. The summed E-state index contributed by atoms with van der Waals surface area (Å²) in [4.78, 5) is 12.7. The summed E-state index contributed by atoms with van der Waals surface area (Å²) in [5.41, 5.74) is 1.82. The first kappa shape index (κ1) is 20.8. The topological polar surface area (TPSA) is 98.2 Å². The number of nitrogens with one attached hydrogen (secondary N) is 2. The summed E-state index contributed by atoms with van der Waals surface area (Å²) < 4.78 is 0. The normalized spacial score (nSPS) is 17.0. The number of hydrogen-bond acceptors (Lipinski definition) is 4. The molecular weight excluding hydrogens is 378 g/mol. The fourth-order valence-corrected chi connectivity index (χ4v) is 3.90. The molecule has 1 heterocycles. The fraction of sp³-hybridized carbons (Fsp3) is 0.524. The Balaban J connectivity index is 1.70. The second-order valence-corrected chi connectivity index (χ2v) is 8.02. The molecule has 2 aromatic rings. The number of nitrogens with zero attached hydrogens (tertiary/aromatic N) is 1. The highest BCUT2D eigenvalue weighted by Crippen LogP contribution is 2.27. The average molecular weight is 406 g/mol. The van der Waals surface area contributed by atoms with Gasteiger partial charge in [-0.05, 0) is 31.0 Å². The summed E-state index contributed by atoms with van der Waals surface area (Å²) in [5, 5.41) is 30.2. The number of carbonyl (C=O) groups excluding carboxylic acids is 1. The summed E-state index contributed by atoms with van der Waals surface area (Å²) in [6.07, 6.45) is 7.34. The summed E-state index contributed by atoms with van der Waals surface area (Å²) in [6.45, 7) is 0.262. The lowest BCUT2D eigenvalue weighted by Crippen LogP contribution is -2.43. The van der Waals surface area contributed by atoms with E-state index in [4.69, 9.17) is 16.7 Å². The molecule has 1 aliphatic carbocycles. The Bertz CT molecular complexity index is 798. The van der Waals surface area contributed by atoms with Gasteiger partial charge in [0.1, 0.15) is 0 Å². The first-order valence-electron chi connectivity index (χ1n) is 9.96. The number of aromatic amines is 1. The first-order valence-corrected chi connectivity index (χ1v) is 10.3. The molecule has 1 aromatic carbocycles. The van der Waals surface area contributed by atoms with Crippen LogP contribution in [0.15, 0.2) is 24.3 Å². The molecule has 1 saturated carbocycles. The van der Waals surface area contributed by atoms with Gasteiger partial charge in [-0.15, -0.1) is 0 Å². The van der Waals surface area contributed by atoms with E-state index in [0.29, 0.717) is 29.8 Å². The number of amides is 1. The Morgan fingerprint density at radius 1 is 1.18 bits per heavy atom. The second-order valence-electron chi connectivity index (χ2n) is 7.62. The molecule has 1 fully saturated rings. The zero-order valence-electron chi connectivity index (χ0n) is 16.0. The van der Waals surface area contributed by atoms with E-state index in [2.05, 4.69) is 15.5 Å². The van der Waals surface area contributed by atoms with E-state index >= 15 is 0 Å². The highest BCUT2D eigenvalue weighted by molar-refractivity contribution is 6.34. The average Bonchev–Trinajstić information content (AvgIpc) is 3.13. The van der Waals surface area contributed by atoms with Crippen LogP contribution in [0.25, 0.3) is 11.3 Å². The number of aliphatic hydroxyl groups excluding tert-OH is 1. The third-order valence-electron chi connectivity index (χ3n) is 5.38. The van der Waals surface area contributed by atoms with Gasteiger partial charge >= 0.3 is 0 Å². The molecule has 0 radical (unpaired) electrons. The standard InChI is InChI=1S/C21H28ClN3O3/c22-18-7-6-15(19-13-16(8-11-26)24-25-19)12-17(18)20(27)23-14-21(28)9-4-2-1-3-5-10-21/h6-7,12-13,26,28H,1-5,8-11,14H2,(H,23,27)(H,24,25). The van der Waals surface area contributed by atoms with E-state index in [-0.39, 0.29) is 19.1 Å². The van der Waals surface area contributed by atoms with E-state index in [0.717, 1.165) is 42.6 Å². The largest absolute Gasteiger partial charge is 0.396 e. The predicted octanol–water partition coefficient (Wildman–Crippen LogP) is 3.47. The lowest BCUT2D eigenvalue weighted by molar-refractivity contribution is 0.0146. The number of halogens is 1. The lowest BCUT2D eigenvalue weighted by atomic mass is 9.87. The van der Waals surface area contributed by atoms with Crippen molar-refractivity contribution in [3.05, 3.63) is 40.5 Å². The van der Waals surface area contributed by atoms with E-state index < -0.39 is 5.60 Å². The maximum atomic E-state index is 12.7. The van der Waals surface area contributed by atoms with Crippen molar-refractivity contribution in [3.63, 3.8) is 0 Å². The molecule has 4 N–H and O–H groups in total. The van der Waals surface area contributed by atoms with Gasteiger partial charge in [0.25, 0.3) is 5.91 Å². The molecule has 6 nitrogen and oxygen atoms in total. The van der Waals surface area contributed by atoms with E-state index in [1.54, 1.807) is 12.1 Å². The van der Waals surface area contributed by atoms with Crippen LogP contribution >= 0.6 is 11.6 Å². The van der Waals surface area contributed by atoms with Crippen LogP contribution in [0.3, 0.4) is 0 Å². The monoisotopic (exact) mass is 405 g/mol. The Morgan fingerprint density at radius 3 is 2.61 bits per heavy atom. The van der Waals surface area contributed by atoms with Crippen LogP contribution in [-0.2, 0) is 6.42 Å². The van der Waals surface area contributed by atoms with Crippen molar-refractivity contribution in [3.8, 4) is 11.3 Å². The number of benzene rings is 1. The molecule has 0 spiro atoms. The van der Waals surface area contributed by atoms with Crippen LogP contribution in [0.1, 0.15) is 61.0 Å². The van der Waals surface area contributed by atoms with Crippen molar-refractivity contribution >= 4 is 17.5 Å². The Morgan fingerprint density at radius 2 is 1.89 bits per heavy atom. The van der Waals surface area contributed by atoms with Gasteiger partial charge in [-0.3, -0.25) is 9.89 Å². The van der Waals surface area contributed by atoms with E-state index in [1.165, 1.54) is 6.42 Å². The molecule has 0 saturated heterocycles. The van der Waals surface area contributed by atoms with Crippen molar-refractivity contribution < 1.29 is 15.0 Å². The van der Waals surface area contributed by atoms with Gasteiger partial charge in [0.15, 0.2) is 0 Å². The number of rotatable bonds is 6. The molecule has 1 aliphatic rings. The molecule has 0 aliphatic heterocycles. The van der Waals surface area contributed by atoms with Crippen LogP contribution in [0.5, 0.6) is 0 Å². The van der Waals surface area contributed by atoms with E-state index in [1.807, 2.05) is 12.1 Å². The van der Waals surface area contributed by atoms with Crippen LogP contribution < -0.4 is 5.32 Å². The van der Waals surface area contributed by atoms with Crippen LogP contribution in [0, 0.1) is 0 Å². The predicted molar refractivity (Wildman–Crippen MR) is 109 cm³/mol. The smallest absolute Gasteiger partial charge is 0.252 e. The van der Waals surface area contributed by atoms with E-state index in [9.17, 15) is 9.90 Å². The van der Waals surface area contributed by atoms with Crippen molar-refractivity contribution in [1.82, 2.24) is 15.5 Å². The molecular formula is C21H28ClN3O3. The van der Waals surface area contributed by atoms with Gasteiger partial charge in [-0.25, -0.2) is 0 Å².